The fourth-order valence-electron chi connectivity index (χ4n) is 2.71. The van der Waals surface area contributed by atoms with E-state index in [2.05, 4.69) is 4.90 Å². The Hall–Kier alpha value is -2.86. The number of nitrogens with two attached hydrogens (primary N) is 1. The Bertz CT molecular complexity index is 827. The quantitative estimate of drug-likeness (QED) is 0.558. The van der Waals surface area contributed by atoms with Crippen LogP contribution in [-0.2, 0) is 0 Å². The molecular formula is C14H15FN6O2. The molecule has 1 aromatic carbocycles. The van der Waals surface area contributed by atoms with E-state index in [1.165, 1.54) is 6.07 Å². The van der Waals surface area contributed by atoms with Crippen molar-refractivity contribution in [1.82, 2.24) is 4.90 Å². The van der Waals surface area contributed by atoms with Gasteiger partial charge in [-0.05, 0) is 7.05 Å². The highest BCUT2D eigenvalue weighted by molar-refractivity contribution is 5.75. The molecule has 9 heteroatoms. The summed E-state index contributed by atoms with van der Waals surface area (Å²) in [6, 6.07) is 3.86. The number of likely N-dealkylation sites (N-methyl/N-ethyl adjacent to an activating group) is 1. The molecule has 3 rings (SSSR count). The Kier molecular flexibility index (Phi) is 3.54. The average Bonchev–Trinajstić information content (AvgIpc) is 2.54. The molecule has 1 fully saturated rings. The highest BCUT2D eigenvalue weighted by Crippen LogP contribution is 2.25. The number of anilines is 2. The summed E-state index contributed by atoms with van der Waals surface area (Å²) in [6.07, 6.45) is 0. The summed E-state index contributed by atoms with van der Waals surface area (Å²) in [5.41, 5.74) is 4.96. The SMILES string of the molecule is CN1CCN(c2cc3c(cc2F)[n+]([O-])c(C#N)c(N)[n+]3[O-])CC1. The minimum absolute atomic E-state index is 0.0631. The summed E-state index contributed by atoms with van der Waals surface area (Å²) >= 11 is 0. The third kappa shape index (κ3) is 2.33. The molecule has 0 unspecified atom stereocenters. The summed E-state index contributed by atoms with van der Waals surface area (Å²) in [4.78, 5) is 3.93. The second-order valence-corrected chi connectivity index (χ2v) is 5.52. The molecule has 1 aliphatic rings. The number of nitrogen functional groups attached to an aromatic ring is 1. The zero-order valence-electron chi connectivity index (χ0n) is 12.5. The van der Waals surface area contributed by atoms with Gasteiger partial charge in [0.15, 0.2) is 11.9 Å². The third-order valence-electron chi connectivity index (χ3n) is 4.10. The number of aromatic nitrogens is 2. The van der Waals surface area contributed by atoms with Crippen molar-refractivity contribution >= 4 is 22.5 Å². The van der Waals surface area contributed by atoms with Crippen molar-refractivity contribution in [3.05, 3.63) is 34.1 Å². The van der Waals surface area contributed by atoms with Crippen LogP contribution in [0, 0.1) is 27.6 Å². The van der Waals surface area contributed by atoms with Crippen LogP contribution in [0.5, 0.6) is 0 Å². The van der Waals surface area contributed by atoms with E-state index in [1.807, 2.05) is 11.9 Å². The van der Waals surface area contributed by atoms with E-state index in [0.717, 1.165) is 19.2 Å². The van der Waals surface area contributed by atoms with E-state index in [4.69, 9.17) is 11.0 Å². The second kappa shape index (κ2) is 5.40. The Balaban J connectivity index is 2.19. The van der Waals surface area contributed by atoms with Gasteiger partial charge in [-0.25, -0.2) is 9.12 Å². The predicted molar refractivity (Wildman–Crippen MR) is 80.7 cm³/mol. The van der Waals surface area contributed by atoms with E-state index in [9.17, 15) is 14.8 Å². The van der Waals surface area contributed by atoms with Crippen LogP contribution in [0.3, 0.4) is 0 Å². The van der Waals surface area contributed by atoms with Crippen LogP contribution < -0.4 is 20.1 Å². The highest BCUT2D eigenvalue weighted by Gasteiger charge is 2.27. The van der Waals surface area contributed by atoms with E-state index >= 15 is 0 Å². The first kappa shape index (κ1) is 15.1. The molecule has 2 aromatic rings. The molecular weight excluding hydrogens is 303 g/mol. The van der Waals surface area contributed by atoms with Gasteiger partial charge < -0.3 is 20.2 Å². The number of nitrogens with zero attached hydrogens (tertiary/aromatic N) is 5. The van der Waals surface area contributed by atoms with Crippen molar-refractivity contribution in [2.75, 3.05) is 43.9 Å². The lowest BCUT2D eigenvalue weighted by Crippen LogP contribution is -2.46. The fraction of sp³-hybridized carbons (Fsp3) is 0.357. The number of benzene rings is 1. The standard InChI is InChI=1S/C14H15FN6O2/c1-18-2-4-19(5-3-18)10-7-12-11(6-9(10)15)20(22)13(8-16)14(17)21(12)23/h6-7H,2-5,17H2,1H3. The molecule has 0 amide bonds. The minimum Gasteiger partial charge on any atom is -0.710 e. The van der Waals surface area contributed by atoms with Crippen molar-refractivity contribution in [3.8, 4) is 6.07 Å². The lowest BCUT2D eigenvalue weighted by molar-refractivity contribution is -0.620. The smallest absolute Gasteiger partial charge is 0.385 e. The van der Waals surface area contributed by atoms with Crippen LogP contribution in [0.2, 0.25) is 0 Å². The molecule has 8 nitrogen and oxygen atoms in total. The average molecular weight is 318 g/mol. The highest BCUT2D eigenvalue weighted by atomic mass is 19.1. The molecule has 23 heavy (non-hydrogen) atoms. The Morgan fingerprint density at radius 2 is 1.78 bits per heavy atom. The van der Waals surface area contributed by atoms with Gasteiger partial charge in [0.1, 0.15) is 0 Å². The van der Waals surface area contributed by atoms with Crippen LogP contribution in [0.25, 0.3) is 11.0 Å². The van der Waals surface area contributed by atoms with Gasteiger partial charge in [0.05, 0.1) is 11.8 Å². The molecule has 120 valence electrons. The van der Waals surface area contributed by atoms with E-state index < -0.39 is 17.3 Å². The first-order valence-electron chi connectivity index (χ1n) is 7.05. The van der Waals surface area contributed by atoms with Crippen molar-refractivity contribution in [3.63, 3.8) is 0 Å². The Morgan fingerprint density at radius 3 is 2.39 bits per heavy atom. The molecule has 0 spiro atoms. The topological polar surface area (TPSA) is 110 Å². The number of piperazine rings is 1. The van der Waals surface area contributed by atoms with Crippen LogP contribution in [0.4, 0.5) is 15.9 Å². The summed E-state index contributed by atoms with van der Waals surface area (Å²) in [6.45, 7) is 2.76. The number of rotatable bonds is 1. The summed E-state index contributed by atoms with van der Waals surface area (Å²) in [7, 11) is 1.98. The van der Waals surface area contributed by atoms with Crippen molar-refractivity contribution in [2.24, 2.45) is 0 Å². The third-order valence-corrected chi connectivity index (χ3v) is 4.10. The first-order valence-corrected chi connectivity index (χ1v) is 7.05. The molecule has 0 atom stereocenters. The number of nitriles is 1. The van der Waals surface area contributed by atoms with Crippen LogP contribution in [0.1, 0.15) is 5.69 Å². The van der Waals surface area contributed by atoms with Crippen LogP contribution in [0.15, 0.2) is 12.1 Å². The van der Waals surface area contributed by atoms with Gasteiger partial charge >= 0.3 is 11.5 Å². The van der Waals surface area contributed by atoms with E-state index in [-0.39, 0.29) is 21.5 Å². The number of hydrogen-bond donors (Lipinski definition) is 1. The molecule has 0 radical (unpaired) electrons. The molecule has 2 N–H and O–H groups in total. The zero-order chi connectivity index (χ0) is 16.7. The van der Waals surface area contributed by atoms with Gasteiger partial charge in [-0.3, -0.25) is 5.73 Å². The molecule has 0 aliphatic carbocycles. The molecule has 1 saturated heterocycles. The molecule has 0 saturated carbocycles. The minimum atomic E-state index is -0.611. The molecule has 2 heterocycles. The Morgan fingerprint density at radius 1 is 1.17 bits per heavy atom. The zero-order valence-corrected chi connectivity index (χ0v) is 12.5. The fourth-order valence-corrected chi connectivity index (χ4v) is 2.71. The first-order chi connectivity index (χ1) is 10.9. The van der Waals surface area contributed by atoms with Gasteiger partial charge in [0.25, 0.3) is 5.52 Å². The maximum absolute atomic E-state index is 14.4. The van der Waals surface area contributed by atoms with Crippen molar-refractivity contribution in [2.45, 2.75) is 0 Å². The van der Waals surface area contributed by atoms with Gasteiger partial charge in [0.2, 0.25) is 5.52 Å². The van der Waals surface area contributed by atoms with Gasteiger partial charge in [-0.2, -0.15) is 5.26 Å². The van der Waals surface area contributed by atoms with Gasteiger partial charge in [0, 0.05) is 32.2 Å². The normalized spacial score (nSPS) is 15.8. The summed E-state index contributed by atoms with van der Waals surface area (Å²) in [5, 5.41) is 33.2. The number of hydrogen-bond acceptors (Lipinski definition) is 6. The largest absolute Gasteiger partial charge is 0.710 e. The molecule has 1 aromatic heterocycles. The molecule has 0 bridgehead atoms. The maximum atomic E-state index is 14.4. The van der Waals surface area contributed by atoms with Crippen molar-refractivity contribution in [1.29, 1.82) is 5.26 Å². The van der Waals surface area contributed by atoms with Crippen LogP contribution >= 0.6 is 0 Å². The predicted octanol–water partition coefficient (Wildman–Crippen LogP) is -0.549. The second-order valence-electron chi connectivity index (χ2n) is 5.52. The van der Waals surface area contributed by atoms with Gasteiger partial charge in [-0.1, -0.05) is 0 Å². The van der Waals surface area contributed by atoms with Gasteiger partial charge in [-0.15, -0.1) is 4.73 Å². The molecule has 1 aliphatic heterocycles. The number of fused-ring (bicyclic) bond motifs is 1. The van der Waals surface area contributed by atoms with E-state index in [0.29, 0.717) is 17.8 Å². The maximum Gasteiger partial charge on any atom is 0.385 e. The number of halogens is 1. The monoisotopic (exact) mass is 318 g/mol. The lowest BCUT2D eigenvalue weighted by Gasteiger charge is -2.34. The Labute approximate surface area is 131 Å². The van der Waals surface area contributed by atoms with Crippen molar-refractivity contribution < 1.29 is 13.9 Å². The van der Waals surface area contributed by atoms with E-state index in [1.54, 1.807) is 6.07 Å². The summed E-state index contributed by atoms with van der Waals surface area (Å²) in [5.74, 6) is -1.11. The summed E-state index contributed by atoms with van der Waals surface area (Å²) < 4.78 is 14.9. The lowest BCUT2D eigenvalue weighted by atomic mass is 10.2. The van der Waals surface area contributed by atoms with Crippen LogP contribution in [-0.4, -0.2) is 38.1 Å².